The number of carbonyl (C=O) groups excluding carboxylic acids is 1. The zero-order valence-corrected chi connectivity index (χ0v) is 8.37. The summed E-state index contributed by atoms with van der Waals surface area (Å²) in [5.41, 5.74) is 1.77. The van der Waals surface area contributed by atoms with Gasteiger partial charge in [0.1, 0.15) is 0 Å². The van der Waals surface area contributed by atoms with Crippen LogP contribution in [0, 0.1) is 19.3 Å². The Bertz CT molecular complexity index is 359. The summed E-state index contributed by atoms with van der Waals surface area (Å²) in [5.74, 6) is 2.32. The highest BCUT2D eigenvalue weighted by Crippen LogP contribution is 2.02. The number of carbonyl (C=O) groups is 1. The predicted molar refractivity (Wildman–Crippen MR) is 56.9 cm³/mol. The average Bonchev–Trinajstić information content (AvgIpc) is 2.18. The van der Waals surface area contributed by atoms with Gasteiger partial charge in [0.25, 0.3) is 5.91 Å². The van der Waals surface area contributed by atoms with Crippen LogP contribution in [0.5, 0.6) is 0 Å². The van der Waals surface area contributed by atoms with Gasteiger partial charge in [-0.15, -0.1) is 6.42 Å². The molecule has 1 unspecified atom stereocenters. The largest absolute Gasteiger partial charge is 0.339 e. The number of benzene rings is 1. The summed E-state index contributed by atoms with van der Waals surface area (Å²) in [5, 5.41) is 2.69. The summed E-state index contributed by atoms with van der Waals surface area (Å²) in [7, 11) is 0. The minimum Gasteiger partial charge on any atom is -0.339 e. The molecule has 1 aromatic carbocycles. The first-order valence-corrected chi connectivity index (χ1v) is 4.47. The molecule has 2 heteroatoms. The summed E-state index contributed by atoms with van der Waals surface area (Å²) in [6.07, 6.45) is 5.16. The number of rotatable bonds is 2. The van der Waals surface area contributed by atoms with E-state index in [4.69, 9.17) is 6.42 Å². The van der Waals surface area contributed by atoms with Crippen LogP contribution in [0.2, 0.25) is 0 Å². The van der Waals surface area contributed by atoms with Gasteiger partial charge in [-0.25, -0.2) is 0 Å². The molecule has 1 rings (SSSR count). The molecule has 0 aliphatic carbocycles. The normalized spacial score (nSPS) is 11.5. The number of nitrogens with one attached hydrogen (secondary N) is 1. The maximum absolute atomic E-state index is 11.5. The van der Waals surface area contributed by atoms with Crippen LogP contribution in [0.3, 0.4) is 0 Å². The van der Waals surface area contributed by atoms with Crippen molar-refractivity contribution in [2.24, 2.45) is 0 Å². The van der Waals surface area contributed by atoms with Crippen molar-refractivity contribution in [1.82, 2.24) is 5.32 Å². The number of hydrogen-bond donors (Lipinski definition) is 1. The fourth-order valence-electron chi connectivity index (χ4n) is 1.03. The summed E-state index contributed by atoms with van der Waals surface area (Å²) in [6.45, 7) is 3.75. The SMILES string of the molecule is C#CC(C)NC(=O)c1ccc(C)cc1. The third-order valence-corrected chi connectivity index (χ3v) is 1.91. The van der Waals surface area contributed by atoms with E-state index in [0.29, 0.717) is 5.56 Å². The van der Waals surface area contributed by atoms with Crippen LogP contribution in [-0.4, -0.2) is 11.9 Å². The molecule has 0 spiro atoms. The van der Waals surface area contributed by atoms with Crippen molar-refractivity contribution in [1.29, 1.82) is 0 Å². The van der Waals surface area contributed by atoms with Gasteiger partial charge in [-0.2, -0.15) is 0 Å². The summed E-state index contributed by atoms with van der Waals surface area (Å²) in [6, 6.07) is 7.14. The maximum atomic E-state index is 11.5. The standard InChI is InChI=1S/C12H13NO/c1-4-10(3)13-12(14)11-7-5-9(2)6-8-11/h1,5-8,10H,2-3H3,(H,13,14). The van der Waals surface area contributed by atoms with Crippen molar-refractivity contribution in [3.05, 3.63) is 35.4 Å². The average molecular weight is 187 g/mol. The molecule has 0 saturated carbocycles. The molecular formula is C12H13NO. The Labute approximate surface area is 84.3 Å². The fraction of sp³-hybridized carbons (Fsp3) is 0.250. The maximum Gasteiger partial charge on any atom is 0.252 e. The van der Waals surface area contributed by atoms with E-state index in [-0.39, 0.29) is 11.9 Å². The predicted octanol–water partition coefficient (Wildman–Crippen LogP) is 1.75. The zero-order valence-electron chi connectivity index (χ0n) is 8.37. The molecule has 1 aromatic rings. The third kappa shape index (κ3) is 2.63. The first-order valence-electron chi connectivity index (χ1n) is 4.47. The fourth-order valence-corrected chi connectivity index (χ4v) is 1.03. The van der Waals surface area contributed by atoms with Crippen molar-refractivity contribution < 1.29 is 4.79 Å². The Morgan fingerprint density at radius 2 is 2.00 bits per heavy atom. The Balaban J connectivity index is 2.71. The molecule has 72 valence electrons. The topological polar surface area (TPSA) is 29.1 Å². The van der Waals surface area contributed by atoms with Gasteiger partial charge in [-0.05, 0) is 26.0 Å². The molecule has 14 heavy (non-hydrogen) atoms. The minimum absolute atomic E-state index is 0.129. The molecule has 1 N–H and O–H groups in total. The van der Waals surface area contributed by atoms with E-state index in [0.717, 1.165) is 5.56 Å². The van der Waals surface area contributed by atoms with Crippen molar-refractivity contribution in [2.45, 2.75) is 19.9 Å². The van der Waals surface area contributed by atoms with E-state index in [1.807, 2.05) is 19.1 Å². The van der Waals surface area contributed by atoms with Crippen LogP contribution in [-0.2, 0) is 0 Å². The monoisotopic (exact) mass is 187 g/mol. The van der Waals surface area contributed by atoms with Crippen LogP contribution in [0.1, 0.15) is 22.8 Å². The highest BCUT2D eigenvalue weighted by atomic mass is 16.1. The van der Waals surface area contributed by atoms with Crippen LogP contribution in [0.4, 0.5) is 0 Å². The van der Waals surface area contributed by atoms with E-state index in [1.165, 1.54) is 0 Å². The highest BCUT2D eigenvalue weighted by Gasteiger charge is 2.06. The lowest BCUT2D eigenvalue weighted by Gasteiger charge is -2.07. The zero-order chi connectivity index (χ0) is 10.6. The molecule has 0 fully saturated rings. The van der Waals surface area contributed by atoms with Crippen molar-refractivity contribution >= 4 is 5.91 Å². The molecule has 0 aliphatic rings. The van der Waals surface area contributed by atoms with Gasteiger partial charge in [0.05, 0.1) is 6.04 Å². The van der Waals surface area contributed by atoms with Gasteiger partial charge in [0.2, 0.25) is 0 Å². The lowest BCUT2D eigenvalue weighted by molar-refractivity contribution is 0.0948. The molecule has 1 amide bonds. The van der Waals surface area contributed by atoms with Gasteiger partial charge in [0, 0.05) is 5.56 Å². The molecule has 0 radical (unpaired) electrons. The highest BCUT2D eigenvalue weighted by molar-refractivity contribution is 5.94. The third-order valence-electron chi connectivity index (χ3n) is 1.91. The Kier molecular flexibility index (Phi) is 3.30. The smallest absolute Gasteiger partial charge is 0.252 e. The van der Waals surface area contributed by atoms with Crippen molar-refractivity contribution in [3.63, 3.8) is 0 Å². The molecule has 0 saturated heterocycles. The lowest BCUT2D eigenvalue weighted by Crippen LogP contribution is -2.31. The summed E-state index contributed by atoms with van der Waals surface area (Å²) in [4.78, 5) is 11.5. The van der Waals surface area contributed by atoms with Crippen molar-refractivity contribution in [2.75, 3.05) is 0 Å². The van der Waals surface area contributed by atoms with E-state index in [1.54, 1.807) is 19.1 Å². The molecular weight excluding hydrogens is 174 g/mol. The van der Waals surface area contributed by atoms with Gasteiger partial charge in [-0.3, -0.25) is 4.79 Å². The van der Waals surface area contributed by atoms with E-state index in [9.17, 15) is 4.79 Å². The quantitative estimate of drug-likeness (QED) is 0.702. The molecule has 0 aromatic heterocycles. The minimum atomic E-state index is -0.233. The molecule has 2 nitrogen and oxygen atoms in total. The second-order valence-corrected chi connectivity index (χ2v) is 3.23. The van der Waals surface area contributed by atoms with Crippen LogP contribution in [0.15, 0.2) is 24.3 Å². The van der Waals surface area contributed by atoms with Crippen molar-refractivity contribution in [3.8, 4) is 12.3 Å². The summed E-state index contributed by atoms with van der Waals surface area (Å²) >= 11 is 0. The Morgan fingerprint density at radius 3 is 2.50 bits per heavy atom. The van der Waals surface area contributed by atoms with Crippen LogP contribution in [0.25, 0.3) is 0 Å². The first-order chi connectivity index (χ1) is 6.63. The Morgan fingerprint density at radius 1 is 1.43 bits per heavy atom. The Hall–Kier alpha value is -1.75. The van der Waals surface area contributed by atoms with E-state index < -0.39 is 0 Å². The summed E-state index contributed by atoms with van der Waals surface area (Å²) < 4.78 is 0. The van der Waals surface area contributed by atoms with Crippen LogP contribution < -0.4 is 5.32 Å². The van der Waals surface area contributed by atoms with Gasteiger partial charge in [-0.1, -0.05) is 23.6 Å². The molecule has 0 aliphatic heterocycles. The number of terminal acetylenes is 1. The molecule has 0 heterocycles. The van der Waals surface area contributed by atoms with E-state index >= 15 is 0 Å². The number of amides is 1. The van der Waals surface area contributed by atoms with Gasteiger partial charge in [0.15, 0.2) is 0 Å². The second-order valence-electron chi connectivity index (χ2n) is 3.23. The second kappa shape index (κ2) is 4.48. The first kappa shape index (κ1) is 10.3. The lowest BCUT2D eigenvalue weighted by atomic mass is 10.1. The van der Waals surface area contributed by atoms with Crippen LogP contribution >= 0.6 is 0 Å². The molecule has 1 atom stereocenters. The molecule has 0 bridgehead atoms. The van der Waals surface area contributed by atoms with Gasteiger partial charge < -0.3 is 5.32 Å². The number of aryl methyl sites for hydroxylation is 1. The van der Waals surface area contributed by atoms with E-state index in [2.05, 4.69) is 11.2 Å². The number of hydrogen-bond acceptors (Lipinski definition) is 1. The van der Waals surface area contributed by atoms with Gasteiger partial charge >= 0.3 is 0 Å².